The summed E-state index contributed by atoms with van der Waals surface area (Å²) in [6.07, 6.45) is 4.24. The highest BCUT2D eigenvalue weighted by Gasteiger charge is 2.44. The fourth-order valence-electron chi connectivity index (χ4n) is 12.1. The van der Waals surface area contributed by atoms with Crippen LogP contribution in [0.4, 0.5) is 15.3 Å². The molecule has 388 valence electrons. The number of carboxylic acids is 1. The van der Waals surface area contributed by atoms with Gasteiger partial charge in [-0.25, -0.2) is 19.4 Å². The van der Waals surface area contributed by atoms with Crippen molar-refractivity contribution >= 4 is 72.5 Å². The first kappa shape index (κ1) is 50.8. The van der Waals surface area contributed by atoms with Gasteiger partial charge in [-0.2, -0.15) is 0 Å². The number of carbonyl (C=O) groups excluding carboxylic acids is 3. The number of ether oxygens (including phenoxy) is 2. The summed E-state index contributed by atoms with van der Waals surface area (Å²) in [5.41, 5.74) is 16.4. The normalized spacial score (nSPS) is 17.3. The molecule has 5 heterocycles. The molecule has 76 heavy (non-hydrogen) atoms. The number of piperidine rings is 2. The molecule has 0 bridgehead atoms. The van der Waals surface area contributed by atoms with Gasteiger partial charge in [0.1, 0.15) is 19.0 Å². The molecule has 16 heteroatoms. The molecule has 0 unspecified atom stereocenters. The van der Waals surface area contributed by atoms with Crippen LogP contribution < -0.4 is 16.6 Å². The standard InChI is InChI=1S/C30H26BrN3O3.C23H24N2O3.C7H6BrNO2/c31-19-9-10-24-26(15-19)32-27-16-30(18-34(27)28(24)35)11-13-33(14-12-30)29(36)37-17-25-22-7-3-1-5-20(22)21-6-2-4-8-23(21)25;26-21-13-23(15-24-21)9-11-25(12-10-23)22(27)28-14-20-18-7-3-1-5-16(18)17-6-2-4-8-19(17)20;8-4-1-2-5(7(10)11)6(9)3-4/h1-10,15,25H,11-14,16-18H2;1-8,20H,9-15H2,(H,24,26);1-3H,9H2,(H,10,11). The number of aromatic nitrogens is 2. The monoisotopic (exact) mass is 1150 g/mol. The van der Waals surface area contributed by atoms with Crippen LogP contribution in [0.25, 0.3) is 33.2 Å². The van der Waals surface area contributed by atoms with Crippen molar-refractivity contribution in [2.75, 3.05) is 51.7 Å². The highest BCUT2D eigenvalue weighted by Crippen LogP contribution is 2.47. The maximum Gasteiger partial charge on any atom is 0.409 e. The second-order valence-corrected chi connectivity index (χ2v) is 22.7. The van der Waals surface area contributed by atoms with E-state index in [2.05, 4.69) is 110 Å². The van der Waals surface area contributed by atoms with Crippen LogP contribution in [0.15, 0.2) is 147 Å². The van der Waals surface area contributed by atoms with Crippen molar-refractivity contribution < 1.29 is 33.8 Å². The molecule has 7 aromatic rings. The summed E-state index contributed by atoms with van der Waals surface area (Å²) < 4.78 is 15.2. The van der Waals surface area contributed by atoms with Crippen LogP contribution in [0.3, 0.4) is 0 Å². The number of hydrogen-bond acceptors (Lipinski definition) is 9. The zero-order chi connectivity index (χ0) is 52.7. The molecule has 1 aromatic heterocycles. The minimum absolute atomic E-state index is 0.0309. The van der Waals surface area contributed by atoms with Gasteiger partial charge < -0.3 is 35.4 Å². The molecule has 3 fully saturated rings. The number of halogens is 2. The van der Waals surface area contributed by atoms with Gasteiger partial charge in [0.05, 0.1) is 16.5 Å². The topological polar surface area (TPSA) is 186 Å². The van der Waals surface area contributed by atoms with Crippen LogP contribution in [-0.4, -0.2) is 94.5 Å². The maximum atomic E-state index is 13.1. The number of rotatable bonds is 5. The lowest BCUT2D eigenvalue weighted by atomic mass is 9.77. The van der Waals surface area contributed by atoms with E-state index >= 15 is 0 Å². The predicted molar refractivity (Wildman–Crippen MR) is 297 cm³/mol. The molecular weight excluding hydrogens is 1090 g/mol. The number of carbonyl (C=O) groups is 4. The second-order valence-electron chi connectivity index (χ2n) is 20.8. The lowest BCUT2D eigenvalue weighted by Crippen LogP contribution is -2.44. The van der Waals surface area contributed by atoms with E-state index in [1.54, 1.807) is 17.0 Å². The molecule has 2 aliphatic carbocycles. The number of likely N-dealkylation sites (tertiary alicyclic amines) is 2. The molecule has 3 amide bonds. The van der Waals surface area contributed by atoms with Gasteiger partial charge in [0.15, 0.2) is 0 Å². The Morgan fingerprint density at radius 2 is 1.09 bits per heavy atom. The third kappa shape index (κ3) is 10.00. The van der Waals surface area contributed by atoms with Gasteiger partial charge in [-0.15, -0.1) is 0 Å². The number of fused-ring (bicyclic) bond motifs is 8. The SMILES string of the molecule is Nc1cc(Br)ccc1C(=O)O.O=C(OCC1c2ccccc2-c2ccccc21)N1CCC2(CC1)Cc1nc3cc(Br)ccc3c(=O)n1C2.O=C1CC2(CCN(C(=O)OCC3c4ccccc4-c4ccccc43)CC2)CN1. The van der Waals surface area contributed by atoms with Gasteiger partial charge in [0.2, 0.25) is 5.91 Å². The molecule has 4 N–H and O–H groups in total. The molecule has 4 aliphatic heterocycles. The summed E-state index contributed by atoms with van der Waals surface area (Å²) >= 11 is 6.65. The van der Waals surface area contributed by atoms with E-state index in [0.717, 1.165) is 58.9 Å². The van der Waals surface area contributed by atoms with E-state index in [4.69, 9.17) is 25.3 Å². The Bertz CT molecular complexity index is 3400. The zero-order valence-electron chi connectivity index (χ0n) is 41.7. The van der Waals surface area contributed by atoms with Gasteiger partial charge >= 0.3 is 18.2 Å². The summed E-state index contributed by atoms with van der Waals surface area (Å²) in [6, 6.07) is 43.8. The number of aromatic carboxylic acids is 1. The minimum Gasteiger partial charge on any atom is -0.478 e. The largest absolute Gasteiger partial charge is 0.478 e. The van der Waals surface area contributed by atoms with Gasteiger partial charge in [-0.05, 0) is 117 Å². The number of nitrogens with one attached hydrogen (secondary N) is 1. The summed E-state index contributed by atoms with van der Waals surface area (Å²) in [7, 11) is 0. The van der Waals surface area contributed by atoms with Crippen molar-refractivity contribution in [1.82, 2.24) is 24.7 Å². The number of nitrogens with zero attached hydrogens (tertiary/aromatic N) is 4. The smallest absolute Gasteiger partial charge is 0.409 e. The van der Waals surface area contributed by atoms with Gasteiger partial charge in [0.25, 0.3) is 5.56 Å². The lowest BCUT2D eigenvalue weighted by Gasteiger charge is -2.38. The third-order valence-corrected chi connectivity index (χ3v) is 17.3. The number of nitrogen functional groups attached to an aromatic ring is 1. The first-order valence-electron chi connectivity index (χ1n) is 25.7. The lowest BCUT2D eigenvalue weighted by molar-refractivity contribution is -0.119. The fourth-order valence-corrected chi connectivity index (χ4v) is 12.9. The summed E-state index contributed by atoms with van der Waals surface area (Å²) in [5, 5.41) is 12.1. The summed E-state index contributed by atoms with van der Waals surface area (Å²) in [5.74, 6) is 0.128. The Hall–Kier alpha value is -7.30. The molecular formula is C60H56Br2N6O8. The molecule has 14 nitrogen and oxygen atoms in total. The molecule has 13 rings (SSSR count). The number of hydrogen-bond donors (Lipinski definition) is 3. The van der Waals surface area contributed by atoms with Crippen molar-refractivity contribution in [2.45, 2.75) is 56.9 Å². The van der Waals surface area contributed by atoms with Crippen molar-refractivity contribution in [3.05, 3.63) is 186 Å². The zero-order valence-corrected chi connectivity index (χ0v) is 44.9. The van der Waals surface area contributed by atoms with Crippen LogP contribution in [0.1, 0.15) is 82.4 Å². The molecule has 0 saturated carbocycles. The first-order valence-corrected chi connectivity index (χ1v) is 27.3. The van der Waals surface area contributed by atoms with E-state index < -0.39 is 5.97 Å². The number of benzene rings is 6. The van der Waals surface area contributed by atoms with Crippen LogP contribution in [0, 0.1) is 10.8 Å². The highest BCUT2D eigenvalue weighted by atomic mass is 79.9. The number of carboxylic acid groups (broad SMARTS) is 1. The average Bonchev–Trinajstić information content (AvgIpc) is 4.17. The van der Waals surface area contributed by atoms with Crippen molar-refractivity contribution in [3.63, 3.8) is 0 Å². The number of amides is 3. The predicted octanol–water partition coefficient (Wildman–Crippen LogP) is 11.0. The number of anilines is 1. The van der Waals surface area contributed by atoms with E-state index in [1.807, 2.05) is 51.9 Å². The molecule has 3 saturated heterocycles. The van der Waals surface area contributed by atoms with Crippen molar-refractivity contribution in [2.24, 2.45) is 10.8 Å². The Kier molecular flexibility index (Phi) is 14.1. The highest BCUT2D eigenvalue weighted by molar-refractivity contribution is 9.10. The Morgan fingerprint density at radius 1 is 0.632 bits per heavy atom. The van der Waals surface area contributed by atoms with Gasteiger partial charge in [-0.1, -0.05) is 129 Å². The van der Waals surface area contributed by atoms with Crippen LogP contribution >= 0.6 is 31.9 Å². The summed E-state index contributed by atoms with van der Waals surface area (Å²) in [4.78, 5) is 69.3. The Balaban J connectivity index is 0.000000139. The number of nitrogens with two attached hydrogens (primary N) is 1. The van der Waals surface area contributed by atoms with E-state index in [-0.39, 0.29) is 57.6 Å². The van der Waals surface area contributed by atoms with Crippen molar-refractivity contribution in [1.29, 1.82) is 0 Å². The molecule has 6 aromatic carbocycles. The van der Waals surface area contributed by atoms with E-state index in [0.29, 0.717) is 57.7 Å². The van der Waals surface area contributed by atoms with E-state index in [1.165, 1.54) is 50.6 Å². The third-order valence-electron chi connectivity index (χ3n) is 16.3. The fraction of sp³-hybridized carbons (Fsp3) is 0.300. The quantitative estimate of drug-likeness (QED) is 0.140. The van der Waals surface area contributed by atoms with Crippen LogP contribution in [0.2, 0.25) is 0 Å². The summed E-state index contributed by atoms with van der Waals surface area (Å²) in [6.45, 7) is 4.67. The molecule has 6 aliphatic rings. The van der Waals surface area contributed by atoms with Crippen LogP contribution in [0.5, 0.6) is 0 Å². The first-order chi connectivity index (χ1) is 36.8. The average molecular weight is 1150 g/mol. The van der Waals surface area contributed by atoms with Crippen LogP contribution in [-0.2, 0) is 27.2 Å². The Morgan fingerprint density at radius 3 is 1.55 bits per heavy atom. The molecule has 0 atom stereocenters. The minimum atomic E-state index is -1.00. The van der Waals surface area contributed by atoms with Gasteiger partial charge in [0, 0.05) is 78.6 Å². The molecule has 0 radical (unpaired) electrons. The van der Waals surface area contributed by atoms with Gasteiger partial charge in [-0.3, -0.25) is 14.2 Å². The Labute approximate surface area is 456 Å². The van der Waals surface area contributed by atoms with Crippen molar-refractivity contribution in [3.8, 4) is 22.3 Å². The molecule has 2 spiro atoms. The maximum absolute atomic E-state index is 13.1. The van der Waals surface area contributed by atoms with E-state index in [9.17, 15) is 24.0 Å². The second kappa shape index (κ2) is 21.0.